The van der Waals surface area contributed by atoms with Gasteiger partial charge < -0.3 is 19.4 Å². The maximum Gasteiger partial charge on any atom is 0.257 e. The molecule has 1 aromatic heterocycles. The minimum atomic E-state index is -0.335. The second-order valence-electron chi connectivity index (χ2n) is 7.50. The summed E-state index contributed by atoms with van der Waals surface area (Å²) in [7, 11) is 0. The van der Waals surface area contributed by atoms with Gasteiger partial charge in [0.2, 0.25) is 12.2 Å². The van der Waals surface area contributed by atoms with E-state index in [0.29, 0.717) is 23.4 Å². The SMILES string of the molecule is CCn1cc(C(=O)NC2CCCc3ccccc32)c(=O)c2cc3c(cc21)OCO3. The molecule has 29 heavy (non-hydrogen) atoms. The molecule has 1 aliphatic heterocycles. The van der Waals surface area contributed by atoms with Gasteiger partial charge in [0.1, 0.15) is 5.56 Å². The summed E-state index contributed by atoms with van der Waals surface area (Å²) in [4.78, 5) is 26.3. The number of fused-ring (bicyclic) bond motifs is 3. The number of amides is 1. The molecule has 6 nitrogen and oxygen atoms in total. The molecule has 0 saturated heterocycles. The number of nitrogens with zero attached hydrogens (tertiary/aromatic N) is 1. The minimum absolute atomic E-state index is 0.0747. The summed E-state index contributed by atoms with van der Waals surface area (Å²) in [5.41, 5.74) is 3.01. The lowest BCUT2D eigenvalue weighted by Crippen LogP contribution is -2.34. The van der Waals surface area contributed by atoms with Crippen molar-refractivity contribution >= 4 is 16.8 Å². The Balaban J connectivity index is 1.55. The van der Waals surface area contributed by atoms with E-state index in [2.05, 4.69) is 17.4 Å². The van der Waals surface area contributed by atoms with Gasteiger partial charge >= 0.3 is 0 Å². The third-order valence-electron chi connectivity index (χ3n) is 5.83. The Morgan fingerprint density at radius 1 is 1.21 bits per heavy atom. The highest BCUT2D eigenvalue weighted by molar-refractivity contribution is 5.98. The fourth-order valence-corrected chi connectivity index (χ4v) is 4.34. The number of nitrogens with one attached hydrogen (secondary N) is 1. The highest BCUT2D eigenvalue weighted by Crippen LogP contribution is 2.35. The smallest absolute Gasteiger partial charge is 0.257 e. The number of carbonyl (C=O) groups excluding carboxylic acids is 1. The van der Waals surface area contributed by atoms with E-state index in [1.807, 2.05) is 29.7 Å². The first-order chi connectivity index (χ1) is 14.2. The van der Waals surface area contributed by atoms with Crippen molar-refractivity contribution in [2.75, 3.05) is 6.79 Å². The lowest BCUT2D eigenvalue weighted by atomic mass is 9.87. The van der Waals surface area contributed by atoms with Gasteiger partial charge in [-0.15, -0.1) is 0 Å². The van der Waals surface area contributed by atoms with Crippen LogP contribution in [0, 0.1) is 0 Å². The lowest BCUT2D eigenvalue weighted by molar-refractivity contribution is 0.0931. The number of ether oxygens (including phenoxy) is 2. The van der Waals surface area contributed by atoms with Crippen LogP contribution >= 0.6 is 0 Å². The maximum atomic E-state index is 13.2. The molecule has 1 unspecified atom stereocenters. The number of benzene rings is 2. The zero-order chi connectivity index (χ0) is 20.0. The molecule has 0 bridgehead atoms. The van der Waals surface area contributed by atoms with E-state index in [-0.39, 0.29) is 29.7 Å². The summed E-state index contributed by atoms with van der Waals surface area (Å²) < 4.78 is 12.8. The molecule has 0 radical (unpaired) electrons. The Kier molecular flexibility index (Phi) is 4.27. The van der Waals surface area contributed by atoms with E-state index < -0.39 is 0 Å². The highest BCUT2D eigenvalue weighted by atomic mass is 16.7. The molecule has 1 aliphatic carbocycles. The molecule has 1 amide bonds. The average molecular weight is 390 g/mol. The van der Waals surface area contributed by atoms with Crippen LogP contribution in [-0.2, 0) is 13.0 Å². The standard InChI is InChI=1S/C23H22N2O4/c1-2-25-12-17(22(26)16-10-20-21(11-19(16)25)29-13-28-20)23(27)24-18-9-5-7-14-6-3-4-8-15(14)18/h3-4,6,8,10-12,18H,2,5,7,9,13H2,1H3,(H,24,27). The molecular weight excluding hydrogens is 368 g/mol. The van der Waals surface area contributed by atoms with Gasteiger partial charge in [-0.2, -0.15) is 0 Å². The van der Waals surface area contributed by atoms with Gasteiger partial charge in [0, 0.05) is 18.8 Å². The van der Waals surface area contributed by atoms with Crippen molar-refractivity contribution in [1.29, 1.82) is 0 Å². The van der Waals surface area contributed by atoms with E-state index in [1.165, 1.54) is 5.56 Å². The largest absolute Gasteiger partial charge is 0.454 e. The van der Waals surface area contributed by atoms with Crippen molar-refractivity contribution < 1.29 is 14.3 Å². The zero-order valence-corrected chi connectivity index (χ0v) is 16.2. The molecule has 1 atom stereocenters. The summed E-state index contributed by atoms with van der Waals surface area (Å²) in [5, 5.41) is 3.56. The molecule has 5 rings (SSSR count). The number of pyridine rings is 1. The van der Waals surface area contributed by atoms with Crippen LogP contribution in [0.5, 0.6) is 11.5 Å². The van der Waals surface area contributed by atoms with Crippen LogP contribution in [0.25, 0.3) is 10.9 Å². The van der Waals surface area contributed by atoms with E-state index in [9.17, 15) is 9.59 Å². The van der Waals surface area contributed by atoms with Gasteiger partial charge in [-0.3, -0.25) is 9.59 Å². The van der Waals surface area contributed by atoms with Gasteiger partial charge in [-0.25, -0.2) is 0 Å². The van der Waals surface area contributed by atoms with Crippen molar-refractivity contribution in [2.45, 2.75) is 38.8 Å². The summed E-state index contributed by atoms with van der Waals surface area (Å²) in [6.07, 6.45) is 4.56. The van der Waals surface area contributed by atoms with Crippen LogP contribution in [0.4, 0.5) is 0 Å². The molecule has 148 valence electrons. The Bertz CT molecular complexity index is 1180. The predicted octanol–water partition coefficient (Wildman–Crippen LogP) is 3.56. The van der Waals surface area contributed by atoms with Crippen LogP contribution in [0.3, 0.4) is 0 Å². The molecule has 2 heterocycles. The minimum Gasteiger partial charge on any atom is -0.454 e. The Labute approximate surface area is 168 Å². The number of hydrogen-bond acceptors (Lipinski definition) is 4. The van der Waals surface area contributed by atoms with Crippen molar-refractivity contribution in [3.05, 3.63) is 69.5 Å². The van der Waals surface area contributed by atoms with E-state index in [4.69, 9.17) is 9.47 Å². The first-order valence-electron chi connectivity index (χ1n) is 10.0. The van der Waals surface area contributed by atoms with Crippen molar-refractivity contribution in [2.24, 2.45) is 0 Å². The van der Waals surface area contributed by atoms with Gasteiger partial charge in [0.15, 0.2) is 11.5 Å². The first kappa shape index (κ1) is 17.8. The van der Waals surface area contributed by atoms with Crippen LogP contribution in [0.15, 0.2) is 47.4 Å². The van der Waals surface area contributed by atoms with Crippen LogP contribution < -0.4 is 20.2 Å². The summed E-state index contributed by atoms with van der Waals surface area (Å²) in [5.74, 6) is 0.824. The molecule has 1 N–H and O–H groups in total. The highest BCUT2D eigenvalue weighted by Gasteiger charge is 2.25. The van der Waals surface area contributed by atoms with Crippen LogP contribution in [0.2, 0.25) is 0 Å². The predicted molar refractivity (Wildman–Crippen MR) is 110 cm³/mol. The molecular formula is C23H22N2O4. The van der Waals surface area contributed by atoms with Gasteiger partial charge in [-0.05, 0) is 43.4 Å². The fraction of sp³-hybridized carbons (Fsp3) is 0.304. The molecule has 3 aromatic rings. The molecule has 2 aromatic carbocycles. The van der Waals surface area contributed by atoms with E-state index >= 15 is 0 Å². The summed E-state index contributed by atoms with van der Waals surface area (Å²) in [6, 6.07) is 11.6. The van der Waals surface area contributed by atoms with Gasteiger partial charge in [0.05, 0.1) is 16.9 Å². The Morgan fingerprint density at radius 3 is 2.83 bits per heavy atom. The van der Waals surface area contributed by atoms with Crippen molar-refractivity contribution in [3.63, 3.8) is 0 Å². The van der Waals surface area contributed by atoms with Crippen molar-refractivity contribution in [3.8, 4) is 11.5 Å². The monoisotopic (exact) mass is 390 g/mol. The van der Waals surface area contributed by atoms with Crippen LogP contribution in [0.1, 0.15) is 47.3 Å². The third kappa shape index (κ3) is 2.95. The summed E-state index contributed by atoms with van der Waals surface area (Å²) in [6.45, 7) is 2.75. The second-order valence-corrected chi connectivity index (χ2v) is 7.50. The number of rotatable bonds is 3. The number of hydrogen-bond donors (Lipinski definition) is 1. The normalized spacial score (nSPS) is 17.2. The van der Waals surface area contributed by atoms with E-state index in [1.54, 1.807) is 12.3 Å². The van der Waals surface area contributed by atoms with Gasteiger partial charge in [-0.1, -0.05) is 24.3 Å². The average Bonchev–Trinajstić information content (AvgIpc) is 3.21. The topological polar surface area (TPSA) is 69.6 Å². The summed E-state index contributed by atoms with van der Waals surface area (Å²) >= 11 is 0. The molecule has 2 aliphatic rings. The van der Waals surface area contributed by atoms with Crippen LogP contribution in [-0.4, -0.2) is 17.3 Å². The van der Waals surface area contributed by atoms with Gasteiger partial charge in [0.25, 0.3) is 5.91 Å². The Morgan fingerprint density at radius 2 is 2.00 bits per heavy atom. The fourth-order valence-electron chi connectivity index (χ4n) is 4.34. The first-order valence-corrected chi connectivity index (χ1v) is 10.0. The molecule has 0 saturated carbocycles. The third-order valence-corrected chi connectivity index (χ3v) is 5.83. The molecule has 0 fully saturated rings. The molecule has 6 heteroatoms. The lowest BCUT2D eigenvalue weighted by Gasteiger charge is -2.26. The quantitative estimate of drug-likeness (QED) is 0.742. The number of aromatic nitrogens is 1. The Hall–Kier alpha value is -3.28. The number of aryl methyl sites for hydroxylation is 2. The maximum absolute atomic E-state index is 13.2. The zero-order valence-electron chi connectivity index (χ0n) is 16.2. The molecule has 0 spiro atoms. The van der Waals surface area contributed by atoms with Crippen molar-refractivity contribution in [1.82, 2.24) is 9.88 Å². The van der Waals surface area contributed by atoms with E-state index in [0.717, 1.165) is 30.3 Å². The number of carbonyl (C=O) groups is 1. The second kappa shape index (κ2) is 6.95.